The maximum absolute atomic E-state index is 12.8. The monoisotopic (exact) mass is 414 g/mol. The second-order valence-electron chi connectivity index (χ2n) is 7.66. The molecule has 0 spiro atoms. The number of halogens is 4. The predicted molar refractivity (Wildman–Crippen MR) is 105 cm³/mol. The molecular formula is C20H26ClF3N4. The third kappa shape index (κ3) is 4.70. The fourth-order valence-electron chi connectivity index (χ4n) is 4.37. The third-order valence-corrected chi connectivity index (χ3v) is 5.91. The van der Waals surface area contributed by atoms with Gasteiger partial charge in [0.2, 0.25) is 0 Å². The zero-order valence-electron chi connectivity index (χ0n) is 15.6. The normalized spacial score (nSPS) is 21.6. The molecular weight excluding hydrogens is 389 g/mol. The van der Waals surface area contributed by atoms with Gasteiger partial charge in [0.1, 0.15) is 0 Å². The number of nitrogens with one attached hydrogen (secondary N) is 2. The van der Waals surface area contributed by atoms with Crippen molar-refractivity contribution in [3.8, 4) is 11.3 Å². The summed E-state index contributed by atoms with van der Waals surface area (Å²) in [5, 5.41) is 10.7. The maximum atomic E-state index is 12.8. The van der Waals surface area contributed by atoms with Gasteiger partial charge in [-0.15, -0.1) is 12.4 Å². The van der Waals surface area contributed by atoms with Gasteiger partial charge in [0.05, 0.1) is 17.5 Å². The number of aromatic amines is 1. The summed E-state index contributed by atoms with van der Waals surface area (Å²) in [6.45, 7) is 4.04. The zero-order chi connectivity index (χ0) is 18.9. The molecule has 1 atom stereocenters. The van der Waals surface area contributed by atoms with Crippen LogP contribution in [0.1, 0.15) is 36.8 Å². The van der Waals surface area contributed by atoms with Crippen LogP contribution < -0.4 is 5.32 Å². The summed E-state index contributed by atoms with van der Waals surface area (Å²) in [6, 6.07) is 5.96. The minimum absolute atomic E-state index is 0. The van der Waals surface area contributed by atoms with Gasteiger partial charge in [-0.1, -0.05) is 12.1 Å². The van der Waals surface area contributed by atoms with Crippen molar-refractivity contribution >= 4 is 12.4 Å². The molecule has 2 N–H and O–H groups in total. The number of H-pyrrole nitrogens is 1. The van der Waals surface area contributed by atoms with Crippen LogP contribution in [-0.4, -0.2) is 40.8 Å². The number of likely N-dealkylation sites (tertiary alicyclic amines) is 1. The first-order chi connectivity index (χ1) is 13.0. The second kappa shape index (κ2) is 8.84. The number of hydrogen-bond donors (Lipinski definition) is 2. The van der Waals surface area contributed by atoms with E-state index in [-0.39, 0.29) is 12.4 Å². The van der Waals surface area contributed by atoms with Gasteiger partial charge in [-0.05, 0) is 68.9 Å². The van der Waals surface area contributed by atoms with Crippen LogP contribution >= 0.6 is 12.4 Å². The van der Waals surface area contributed by atoms with Crippen molar-refractivity contribution < 1.29 is 13.2 Å². The van der Waals surface area contributed by atoms with Gasteiger partial charge >= 0.3 is 6.18 Å². The van der Waals surface area contributed by atoms with Gasteiger partial charge in [-0.2, -0.15) is 18.3 Å². The highest BCUT2D eigenvalue weighted by molar-refractivity contribution is 5.85. The van der Waals surface area contributed by atoms with E-state index in [0.29, 0.717) is 6.04 Å². The highest BCUT2D eigenvalue weighted by atomic mass is 35.5. The Morgan fingerprint density at radius 2 is 1.79 bits per heavy atom. The smallest absolute Gasteiger partial charge is 0.314 e. The van der Waals surface area contributed by atoms with Crippen molar-refractivity contribution in [3.05, 3.63) is 41.6 Å². The molecule has 28 heavy (non-hydrogen) atoms. The molecule has 0 saturated carbocycles. The number of rotatable bonds is 4. The van der Waals surface area contributed by atoms with E-state index >= 15 is 0 Å². The van der Waals surface area contributed by atoms with E-state index in [4.69, 9.17) is 0 Å². The number of aromatic nitrogens is 2. The van der Waals surface area contributed by atoms with Crippen LogP contribution in [0.3, 0.4) is 0 Å². The highest BCUT2D eigenvalue weighted by Gasteiger charge is 2.30. The quantitative estimate of drug-likeness (QED) is 0.775. The van der Waals surface area contributed by atoms with E-state index in [1.165, 1.54) is 37.8 Å². The van der Waals surface area contributed by atoms with Crippen molar-refractivity contribution in [3.63, 3.8) is 0 Å². The third-order valence-electron chi connectivity index (χ3n) is 5.91. The lowest BCUT2D eigenvalue weighted by atomic mass is 9.88. The number of alkyl halides is 3. The fourth-order valence-corrected chi connectivity index (χ4v) is 4.37. The van der Waals surface area contributed by atoms with Gasteiger partial charge < -0.3 is 5.32 Å². The Labute approximate surface area is 169 Å². The summed E-state index contributed by atoms with van der Waals surface area (Å²) in [5.41, 5.74) is 1.95. The molecule has 0 amide bonds. The molecule has 3 heterocycles. The average molecular weight is 415 g/mol. The van der Waals surface area contributed by atoms with Crippen molar-refractivity contribution in [2.45, 2.75) is 44.4 Å². The Bertz CT molecular complexity index is 746. The minimum atomic E-state index is -4.31. The molecule has 1 aromatic heterocycles. The van der Waals surface area contributed by atoms with Crippen LogP contribution in [0.25, 0.3) is 11.3 Å². The molecule has 2 aromatic rings. The van der Waals surface area contributed by atoms with Crippen LogP contribution in [-0.2, 0) is 12.7 Å². The highest BCUT2D eigenvalue weighted by Crippen LogP contribution is 2.32. The molecule has 2 saturated heterocycles. The van der Waals surface area contributed by atoms with Crippen molar-refractivity contribution in [2.75, 3.05) is 19.6 Å². The van der Waals surface area contributed by atoms with E-state index in [2.05, 4.69) is 20.4 Å². The minimum Gasteiger partial charge on any atom is -0.314 e. The van der Waals surface area contributed by atoms with Crippen LogP contribution in [0.4, 0.5) is 13.2 Å². The summed E-state index contributed by atoms with van der Waals surface area (Å²) in [4.78, 5) is 2.42. The SMILES string of the molecule is Cl.FC(F)(F)c1ccc(-c2[nH]ncc2CN2CCC(C3CCCN3)CC2)cc1. The molecule has 8 heteroatoms. The average Bonchev–Trinajstić information content (AvgIpc) is 3.34. The second-order valence-corrected chi connectivity index (χ2v) is 7.66. The number of benzene rings is 1. The first-order valence-corrected chi connectivity index (χ1v) is 9.66. The molecule has 0 aliphatic carbocycles. The van der Waals surface area contributed by atoms with Crippen molar-refractivity contribution in [1.29, 1.82) is 0 Å². The Morgan fingerprint density at radius 1 is 1.07 bits per heavy atom. The molecule has 0 bridgehead atoms. The number of piperidine rings is 1. The topological polar surface area (TPSA) is 44.0 Å². The Kier molecular flexibility index (Phi) is 6.68. The molecule has 1 unspecified atom stereocenters. The van der Waals surface area contributed by atoms with Crippen LogP contribution in [0.5, 0.6) is 0 Å². The molecule has 4 nitrogen and oxygen atoms in total. The van der Waals surface area contributed by atoms with Gasteiger partial charge in [0, 0.05) is 18.2 Å². The fraction of sp³-hybridized carbons (Fsp3) is 0.550. The predicted octanol–water partition coefficient (Wildman–Crippen LogP) is 4.48. The summed E-state index contributed by atoms with van der Waals surface area (Å²) in [6.07, 6.45) is 2.46. The van der Waals surface area contributed by atoms with Gasteiger partial charge in [-0.25, -0.2) is 0 Å². The van der Waals surface area contributed by atoms with Gasteiger partial charge in [0.15, 0.2) is 0 Å². The van der Waals surface area contributed by atoms with Crippen LogP contribution in [0, 0.1) is 5.92 Å². The van der Waals surface area contributed by atoms with E-state index in [0.717, 1.165) is 61.1 Å². The zero-order valence-corrected chi connectivity index (χ0v) is 16.5. The standard InChI is InChI=1S/C20H25F3N4.ClH/c21-20(22,23)17-5-3-15(4-6-17)19-16(12-25-26-19)13-27-10-7-14(8-11-27)18-2-1-9-24-18;/h3-6,12,14,18,24H,1-2,7-11,13H2,(H,25,26);1H. The molecule has 1 aromatic carbocycles. The van der Waals surface area contributed by atoms with E-state index in [9.17, 15) is 13.2 Å². The molecule has 154 valence electrons. The van der Waals surface area contributed by atoms with Crippen molar-refractivity contribution in [1.82, 2.24) is 20.4 Å². The van der Waals surface area contributed by atoms with E-state index in [1.54, 1.807) is 6.20 Å². The molecule has 2 aliphatic rings. The number of nitrogens with zero attached hydrogens (tertiary/aromatic N) is 2. The van der Waals surface area contributed by atoms with Crippen LogP contribution in [0.2, 0.25) is 0 Å². The largest absolute Gasteiger partial charge is 0.416 e. The summed E-state index contributed by atoms with van der Waals surface area (Å²) in [7, 11) is 0. The van der Waals surface area contributed by atoms with Gasteiger partial charge in [0.25, 0.3) is 0 Å². The Morgan fingerprint density at radius 3 is 2.39 bits per heavy atom. The molecule has 0 radical (unpaired) electrons. The summed E-state index contributed by atoms with van der Waals surface area (Å²) >= 11 is 0. The molecule has 4 rings (SSSR count). The summed E-state index contributed by atoms with van der Waals surface area (Å²) < 4.78 is 38.3. The molecule has 2 fully saturated rings. The first kappa shape index (κ1) is 21.1. The summed E-state index contributed by atoms with van der Waals surface area (Å²) in [5.74, 6) is 0.766. The lowest BCUT2D eigenvalue weighted by molar-refractivity contribution is -0.137. The lowest BCUT2D eigenvalue weighted by Crippen LogP contribution is -2.40. The Hall–Kier alpha value is -1.57. The van der Waals surface area contributed by atoms with E-state index < -0.39 is 11.7 Å². The van der Waals surface area contributed by atoms with E-state index in [1.807, 2.05) is 0 Å². The van der Waals surface area contributed by atoms with Crippen LogP contribution in [0.15, 0.2) is 30.5 Å². The maximum Gasteiger partial charge on any atom is 0.416 e. The lowest BCUT2D eigenvalue weighted by Gasteiger charge is -2.34. The first-order valence-electron chi connectivity index (χ1n) is 9.66. The Balaban J connectivity index is 0.00000225. The van der Waals surface area contributed by atoms with Gasteiger partial charge in [-0.3, -0.25) is 10.00 Å². The van der Waals surface area contributed by atoms with Crippen molar-refractivity contribution in [2.24, 2.45) is 5.92 Å². The number of hydrogen-bond acceptors (Lipinski definition) is 3. The molecule has 2 aliphatic heterocycles.